The standard InChI is InChI=1S/C14H21N5O2/c1-8(2)12-13(20)16-5-6-19(12)14(21)11-9-7-15-4-3-10(9)17-18-11/h8,12,15H,3-7H2,1-2H3,(H,16,20)(H,17,18). The van der Waals surface area contributed by atoms with Crippen LogP contribution in [0.5, 0.6) is 0 Å². The van der Waals surface area contributed by atoms with Gasteiger partial charge < -0.3 is 15.5 Å². The van der Waals surface area contributed by atoms with Gasteiger partial charge in [0.15, 0.2) is 5.69 Å². The van der Waals surface area contributed by atoms with Crippen molar-refractivity contribution in [3.63, 3.8) is 0 Å². The van der Waals surface area contributed by atoms with Crippen molar-refractivity contribution in [3.8, 4) is 0 Å². The van der Waals surface area contributed by atoms with E-state index >= 15 is 0 Å². The lowest BCUT2D eigenvalue weighted by molar-refractivity contribution is -0.129. The quantitative estimate of drug-likeness (QED) is 0.695. The second-order valence-electron chi connectivity index (χ2n) is 5.93. The van der Waals surface area contributed by atoms with Crippen molar-refractivity contribution in [2.24, 2.45) is 5.92 Å². The fraction of sp³-hybridized carbons (Fsp3) is 0.643. The summed E-state index contributed by atoms with van der Waals surface area (Å²) in [4.78, 5) is 26.6. The summed E-state index contributed by atoms with van der Waals surface area (Å²) in [6.07, 6.45) is 0.851. The number of aromatic nitrogens is 2. The first-order valence-electron chi connectivity index (χ1n) is 7.45. The van der Waals surface area contributed by atoms with Gasteiger partial charge in [-0.25, -0.2) is 0 Å². The molecule has 0 aromatic carbocycles. The number of H-pyrrole nitrogens is 1. The molecule has 0 spiro atoms. The van der Waals surface area contributed by atoms with Gasteiger partial charge in [0.05, 0.1) is 0 Å². The third-order valence-electron chi connectivity index (χ3n) is 4.16. The van der Waals surface area contributed by atoms with Crippen molar-refractivity contribution < 1.29 is 9.59 Å². The van der Waals surface area contributed by atoms with Crippen LogP contribution in [-0.4, -0.2) is 52.6 Å². The maximum atomic E-state index is 12.8. The molecule has 21 heavy (non-hydrogen) atoms. The highest BCUT2D eigenvalue weighted by Gasteiger charge is 2.37. The van der Waals surface area contributed by atoms with Crippen LogP contribution in [0.4, 0.5) is 0 Å². The van der Waals surface area contributed by atoms with E-state index in [0.717, 1.165) is 24.2 Å². The Morgan fingerprint density at radius 3 is 2.95 bits per heavy atom. The zero-order valence-electron chi connectivity index (χ0n) is 12.4. The molecule has 0 bridgehead atoms. The topological polar surface area (TPSA) is 90.1 Å². The minimum absolute atomic E-state index is 0.0714. The Bertz CT molecular complexity index is 566. The van der Waals surface area contributed by atoms with Gasteiger partial charge in [0.1, 0.15) is 6.04 Å². The number of nitrogens with zero attached hydrogens (tertiary/aromatic N) is 2. The van der Waals surface area contributed by atoms with Crippen LogP contribution in [0, 0.1) is 5.92 Å². The lowest BCUT2D eigenvalue weighted by atomic mass is 9.98. The normalized spacial score (nSPS) is 22.1. The smallest absolute Gasteiger partial charge is 0.275 e. The van der Waals surface area contributed by atoms with Gasteiger partial charge in [0.25, 0.3) is 5.91 Å². The largest absolute Gasteiger partial charge is 0.353 e. The van der Waals surface area contributed by atoms with Crippen LogP contribution in [-0.2, 0) is 17.8 Å². The number of rotatable bonds is 2. The van der Waals surface area contributed by atoms with E-state index in [-0.39, 0.29) is 17.7 Å². The molecule has 3 heterocycles. The fourth-order valence-corrected chi connectivity index (χ4v) is 3.11. The van der Waals surface area contributed by atoms with Gasteiger partial charge in [-0.3, -0.25) is 14.7 Å². The predicted molar refractivity (Wildman–Crippen MR) is 76.7 cm³/mol. The van der Waals surface area contributed by atoms with Crippen LogP contribution >= 0.6 is 0 Å². The molecule has 2 aliphatic heterocycles. The summed E-state index contributed by atoms with van der Waals surface area (Å²) in [5.41, 5.74) is 2.43. The number of amides is 2. The molecule has 7 nitrogen and oxygen atoms in total. The summed E-state index contributed by atoms with van der Waals surface area (Å²) in [5.74, 6) is -0.154. The molecule has 3 N–H and O–H groups in total. The molecule has 0 saturated carbocycles. The van der Waals surface area contributed by atoms with Crippen molar-refractivity contribution in [1.29, 1.82) is 0 Å². The Balaban J connectivity index is 1.90. The SMILES string of the molecule is CC(C)C1C(=O)NCCN1C(=O)c1n[nH]c2c1CNCC2. The highest BCUT2D eigenvalue weighted by atomic mass is 16.2. The lowest BCUT2D eigenvalue weighted by Gasteiger charge is -2.37. The third kappa shape index (κ3) is 2.42. The van der Waals surface area contributed by atoms with Crippen molar-refractivity contribution in [3.05, 3.63) is 17.0 Å². The Labute approximate surface area is 123 Å². The van der Waals surface area contributed by atoms with E-state index in [0.29, 0.717) is 25.3 Å². The second-order valence-corrected chi connectivity index (χ2v) is 5.93. The average molecular weight is 291 g/mol. The average Bonchev–Trinajstić information content (AvgIpc) is 2.89. The Kier molecular flexibility index (Phi) is 3.67. The number of carbonyl (C=O) groups excluding carboxylic acids is 2. The van der Waals surface area contributed by atoms with E-state index in [1.54, 1.807) is 4.90 Å². The van der Waals surface area contributed by atoms with E-state index in [1.807, 2.05) is 13.8 Å². The van der Waals surface area contributed by atoms with Crippen LogP contribution in [0.2, 0.25) is 0 Å². The fourth-order valence-electron chi connectivity index (χ4n) is 3.11. The van der Waals surface area contributed by atoms with E-state index < -0.39 is 6.04 Å². The number of piperazine rings is 1. The molecule has 114 valence electrons. The minimum Gasteiger partial charge on any atom is -0.353 e. The summed E-state index contributed by atoms with van der Waals surface area (Å²) in [7, 11) is 0. The molecular weight excluding hydrogens is 270 g/mol. The maximum Gasteiger partial charge on any atom is 0.275 e. The molecule has 0 radical (unpaired) electrons. The third-order valence-corrected chi connectivity index (χ3v) is 4.16. The van der Waals surface area contributed by atoms with Gasteiger partial charge in [-0.1, -0.05) is 13.8 Å². The molecule has 2 aliphatic rings. The van der Waals surface area contributed by atoms with Gasteiger partial charge in [-0.2, -0.15) is 5.10 Å². The summed E-state index contributed by atoms with van der Waals surface area (Å²) in [5, 5.41) is 13.3. The van der Waals surface area contributed by atoms with Crippen molar-refractivity contribution in [2.45, 2.75) is 32.9 Å². The summed E-state index contributed by atoms with van der Waals surface area (Å²) < 4.78 is 0. The van der Waals surface area contributed by atoms with Gasteiger partial charge in [-0.05, 0) is 5.92 Å². The summed E-state index contributed by atoms with van der Waals surface area (Å²) in [6.45, 7) is 6.48. The highest BCUT2D eigenvalue weighted by molar-refractivity contribution is 5.98. The molecule has 0 aliphatic carbocycles. The molecule has 2 amide bonds. The molecule has 1 fully saturated rings. The van der Waals surface area contributed by atoms with Gasteiger partial charge in [-0.15, -0.1) is 0 Å². The predicted octanol–water partition coefficient (Wildman–Crippen LogP) is -0.348. The monoisotopic (exact) mass is 291 g/mol. The van der Waals surface area contributed by atoms with Crippen LogP contribution in [0.15, 0.2) is 0 Å². The number of hydrogen-bond donors (Lipinski definition) is 3. The number of aromatic amines is 1. The van der Waals surface area contributed by atoms with E-state index in [9.17, 15) is 9.59 Å². The molecule has 1 saturated heterocycles. The highest BCUT2D eigenvalue weighted by Crippen LogP contribution is 2.21. The maximum absolute atomic E-state index is 12.8. The van der Waals surface area contributed by atoms with E-state index in [1.165, 1.54) is 0 Å². The molecule has 1 atom stereocenters. The number of nitrogens with one attached hydrogen (secondary N) is 3. The molecular formula is C14H21N5O2. The second kappa shape index (κ2) is 5.48. The number of fused-ring (bicyclic) bond motifs is 1. The van der Waals surface area contributed by atoms with Crippen molar-refractivity contribution >= 4 is 11.8 Å². The van der Waals surface area contributed by atoms with Gasteiger partial charge in [0, 0.05) is 43.9 Å². The molecule has 1 aromatic rings. The zero-order valence-corrected chi connectivity index (χ0v) is 12.4. The number of hydrogen-bond acceptors (Lipinski definition) is 4. The van der Waals surface area contributed by atoms with Crippen LogP contribution in [0.25, 0.3) is 0 Å². The van der Waals surface area contributed by atoms with Gasteiger partial charge >= 0.3 is 0 Å². The Hall–Kier alpha value is -1.89. The first-order chi connectivity index (χ1) is 10.1. The molecule has 1 unspecified atom stereocenters. The minimum atomic E-state index is -0.421. The molecule has 7 heteroatoms. The first-order valence-corrected chi connectivity index (χ1v) is 7.45. The first kappa shape index (κ1) is 14.1. The number of carbonyl (C=O) groups is 2. The summed E-state index contributed by atoms with van der Waals surface area (Å²) in [6, 6.07) is -0.421. The van der Waals surface area contributed by atoms with Crippen LogP contribution in [0.3, 0.4) is 0 Å². The lowest BCUT2D eigenvalue weighted by Crippen LogP contribution is -2.59. The molecule has 1 aromatic heterocycles. The zero-order chi connectivity index (χ0) is 15.0. The Morgan fingerprint density at radius 2 is 2.19 bits per heavy atom. The van der Waals surface area contributed by atoms with Crippen LogP contribution in [0.1, 0.15) is 35.6 Å². The van der Waals surface area contributed by atoms with Gasteiger partial charge in [0.2, 0.25) is 5.91 Å². The van der Waals surface area contributed by atoms with Crippen molar-refractivity contribution in [1.82, 2.24) is 25.7 Å². The van der Waals surface area contributed by atoms with Crippen molar-refractivity contribution in [2.75, 3.05) is 19.6 Å². The Morgan fingerprint density at radius 1 is 1.38 bits per heavy atom. The van der Waals surface area contributed by atoms with Crippen LogP contribution < -0.4 is 10.6 Å². The summed E-state index contributed by atoms with van der Waals surface area (Å²) >= 11 is 0. The van der Waals surface area contributed by atoms with E-state index in [4.69, 9.17) is 0 Å². The molecule has 3 rings (SSSR count). The van der Waals surface area contributed by atoms with E-state index in [2.05, 4.69) is 20.8 Å².